The normalized spacial score (nSPS) is 13.4. The van der Waals surface area contributed by atoms with Crippen molar-refractivity contribution in [2.24, 2.45) is 0 Å². The van der Waals surface area contributed by atoms with Crippen molar-refractivity contribution in [2.45, 2.75) is 161 Å². The number of carbonyl (C=O) groups is 2. The smallest absolute Gasteiger partial charge is 0.306 e. The molecule has 0 radical (unpaired) electrons. The zero-order valence-electron chi connectivity index (χ0n) is 33.0. The Morgan fingerprint density at radius 3 is 1.33 bits per heavy atom. The Balaban J connectivity index is 3.75. The van der Waals surface area contributed by atoms with Gasteiger partial charge in [0.1, 0.15) is 6.61 Å². The first-order valence-electron chi connectivity index (χ1n) is 20.4. The topological polar surface area (TPSA) is 72.8 Å². The molecule has 0 bridgehead atoms. The van der Waals surface area contributed by atoms with E-state index in [0.29, 0.717) is 12.8 Å². The van der Waals surface area contributed by atoms with Gasteiger partial charge in [0, 0.05) is 12.8 Å². The lowest BCUT2D eigenvalue weighted by atomic mass is 10.1. The molecule has 0 spiro atoms. The maximum atomic E-state index is 12.2. The summed E-state index contributed by atoms with van der Waals surface area (Å²) in [6, 6.07) is 0. The van der Waals surface area contributed by atoms with E-state index in [9.17, 15) is 14.7 Å². The first kappa shape index (κ1) is 48.6. The van der Waals surface area contributed by atoms with E-state index in [4.69, 9.17) is 9.47 Å². The molecule has 5 heteroatoms. The summed E-state index contributed by atoms with van der Waals surface area (Å²) >= 11 is 0. The Morgan fingerprint density at radius 2 is 0.865 bits per heavy atom. The minimum absolute atomic E-state index is 0.111. The standard InChI is InChI=1S/C47H74O5/c1-3-5-7-9-11-13-15-17-19-21-23-25-27-29-31-33-35-37-39-41-46(49)51-44-45(43-48)52-47(50)42-40-38-36-34-32-30-28-26-24-22-20-18-16-14-12-10-8-6-4-2/h6,8,11-14,17-20,23-26,30,32,36,38,45,48H,3-5,7,9-10,15-16,21-22,27-29,31,33-35,37,39-44H2,1-2H3/b8-6-,13-11-,14-12-,19-17-,20-18-,25-23-,26-24-,32-30-,38-36-/t45-/m0/s1. The van der Waals surface area contributed by atoms with Crippen molar-refractivity contribution in [1.29, 1.82) is 0 Å². The first-order valence-corrected chi connectivity index (χ1v) is 20.4. The highest BCUT2D eigenvalue weighted by Crippen LogP contribution is 2.10. The summed E-state index contributed by atoms with van der Waals surface area (Å²) in [4.78, 5) is 24.3. The summed E-state index contributed by atoms with van der Waals surface area (Å²) in [5.74, 6) is -0.715. The SMILES string of the molecule is CC/C=C\C/C=C\C/C=C\C/C=C\C/C=C\C/C=C\CCC(=O)O[C@@H](CO)COC(=O)CCCCCCCC/C=C\C/C=C\C/C=C\CCCCC. The van der Waals surface area contributed by atoms with Crippen LogP contribution in [0.5, 0.6) is 0 Å². The Morgan fingerprint density at radius 1 is 0.462 bits per heavy atom. The highest BCUT2D eigenvalue weighted by Gasteiger charge is 2.15. The molecule has 0 aliphatic carbocycles. The fraction of sp³-hybridized carbons (Fsp3) is 0.574. The van der Waals surface area contributed by atoms with Gasteiger partial charge in [-0.25, -0.2) is 0 Å². The van der Waals surface area contributed by atoms with Crippen LogP contribution in [0.25, 0.3) is 0 Å². The third kappa shape index (κ3) is 39.3. The predicted octanol–water partition coefficient (Wildman–Crippen LogP) is 13.1. The Bertz CT molecular complexity index is 1090. The van der Waals surface area contributed by atoms with Gasteiger partial charge in [-0.15, -0.1) is 0 Å². The molecule has 0 saturated heterocycles. The second kappa shape index (κ2) is 42.0. The molecule has 0 aliphatic heterocycles. The van der Waals surface area contributed by atoms with Crippen LogP contribution in [0.3, 0.4) is 0 Å². The second-order valence-corrected chi connectivity index (χ2v) is 13.0. The number of hydrogen-bond donors (Lipinski definition) is 1. The molecule has 292 valence electrons. The van der Waals surface area contributed by atoms with Gasteiger partial charge in [0.15, 0.2) is 6.10 Å². The number of ether oxygens (including phenoxy) is 2. The third-order valence-corrected chi connectivity index (χ3v) is 8.06. The first-order chi connectivity index (χ1) is 25.6. The van der Waals surface area contributed by atoms with Gasteiger partial charge in [-0.1, -0.05) is 162 Å². The van der Waals surface area contributed by atoms with Crippen LogP contribution in [0.4, 0.5) is 0 Å². The molecule has 0 rings (SSSR count). The number of unbranched alkanes of at least 4 members (excludes halogenated alkanes) is 9. The minimum atomic E-state index is -0.825. The molecule has 0 saturated carbocycles. The molecule has 0 aromatic heterocycles. The third-order valence-electron chi connectivity index (χ3n) is 8.06. The van der Waals surface area contributed by atoms with Crippen molar-refractivity contribution >= 4 is 11.9 Å². The van der Waals surface area contributed by atoms with Crippen molar-refractivity contribution in [2.75, 3.05) is 13.2 Å². The predicted molar refractivity (Wildman–Crippen MR) is 223 cm³/mol. The summed E-state index contributed by atoms with van der Waals surface area (Å²) in [5.41, 5.74) is 0. The Labute approximate surface area is 319 Å². The number of hydrogen-bond acceptors (Lipinski definition) is 5. The van der Waals surface area contributed by atoms with Gasteiger partial charge in [-0.2, -0.15) is 0 Å². The molecular formula is C47H74O5. The quantitative estimate of drug-likeness (QED) is 0.0401. The van der Waals surface area contributed by atoms with E-state index in [-0.39, 0.29) is 25.6 Å². The van der Waals surface area contributed by atoms with Crippen molar-refractivity contribution in [3.05, 3.63) is 109 Å². The van der Waals surface area contributed by atoms with Crippen LogP contribution in [0, 0.1) is 0 Å². The number of rotatable bonds is 35. The molecule has 0 heterocycles. The van der Waals surface area contributed by atoms with Crippen LogP contribution in [0.2, 0.25) is 0 Å². The summed E-state index contributed by atoms with van der Waals surface area (Å²) in [5, 5.41) is 9.56. The van der Waals surface area contributed by atoms with E-state index in [1.54, 1.807) is 0 Å². The fourth-order valence-corrected chi connectivity index (χ4v) is 5.00. The van der Waals surface area contributed by atoms with Crippen LogP contribution >= 0.6 is 0 Å². The number of aliphatic hydroxyl groups excluding tert-OH is 1. The number of carbonyl (C=O) groups excluding carboxylic acids is 2. The molecular weight excluding hydrogens is 645 g/mol. The number of esters is 2. The lowest BCUT2D eigenvalue weighted by Gasteiger charge is -2.15. The van der Waals surface area contributed by atoms with E-state index in [2.05, 4.69) is 111 Å². The maximum absolute atomic E-state index is 12.2. The van der Waals surface area contributed by atoms with Crippen LogP contribution in [0.1, 0.15) is 155 Å². The van der Waals surface area contributed by atoms with Gasteiger partial charge >= 0.3 is 11.9 Å². The van der Waals surface area contributed by atoms with Crippen molar-refractivity contribution in [1.82, 2.24) is 0 Å². The average Bonchev–Trinajstić information content (AvgIpc) is 3.15. The summed E-state index contributed by atoms with van der Waals surface area (Å²) in [6.07, 6.45) is 60.1. The Kier molecular flexibility index (Phi) is 39.2. The second-order valence-electron chi connectivity index (χ2n) is 13.0. The van der Waals surface area contributed by atoms with Gasteiger partial charge in [0.2, 0.25) is 0 Å². The number of allylic oxidation sites excluding steroid dienone is 18. The molecule has 0 aromatic carbocycles. The van der Waals surface area contributed by atoms with Gasteiger partial charge in [-0.3, -0.25) is 9.59 Å². The van der Waals surface area contributed by atoms with E-state index in [1.807, 2.05) is 12.2 Å². The van der Waals surface area contributed by atoms with Crippen LogP contribution in [0.15, 0.2) is 109 Å². The number of aliphatic hydroxyl groups is 1. The molecule has 0 aliphatic rings. The van der Waals surface area contributed by atoms with Crippen LogP contribution < -0.4 is 0 Å². The van der Waals surface area contributed by atoms with E-state index < -0.39 is 12.1 Å². The monoisotopic (exact) mass is 719 g/mol. The summed E-state index contributed by atoms with van der Waals surface area (Å²) < 4.78 is 10.5. The molecule has 1 N–H and O–H groups in total. The highest BCUT2D eigenvalue weighted by molar-refractivity contribution is 5.70. The van der Waals surface area contributed by atoms with E-state index in [1.165, 1.54) is 44.9 Å². The molecule has 0 fully saturated rings. The van der Waals surface area contributed by atoms with Gasteiger partial charge in [0.05, 0.1) is 6.61 Å². The summed E-state index contributed by atoms with van der Waals surface area (Å²) in [6.45, 7) is 3.90. The van der Waals surface area contributed by atoms with Crippen molar-refractivity contribution in [3.63, 3.8) is 0 Å². The van der Waals surface area contributed by atoms with Gasteiger partial charge < -0.3 is 14.6 Å². The fourth-order valence-electron chi connectivity index (χ4n) is 5.00. The largest absolute Gasteiger partial charge is 0.462 e. The maximum Gasteiger partial charge on any atom is 0.306 e. The van der Waals surface area contributed by atoms with Crippen molar-refractivity contribution in [3.8, 4) is 0 Å². The van der Waals surface area contributed by atoms with E-state index >= 15 is 0 Å². The molecule has 1 atom stereocenters. The van der Waals surface area contributed by atoms with E-state index in [0.717, 1.165) is 77.0 Å². The van der Waals surface area contributed by atoms with Crippen LogP contribution in [-0.2, 0) is 19.1 Å². The molecule has 0 unspecified atom stereocenters. The summed E-state index contributed by atoms with van der Waals surface area (Å²) in [7, 11) is 0. The minimum Gasteiger partial charge on any atom is -0.462 e. The van der Waals surface area contributed by atoms with Crippen LogP contribution in [-0.4, -0.2) is 36.4 Å². The molecule has 52 heavy (non-hydrogen) atoms. The average molecular weight is 719 g/mol. The Hall–Kier alpha value is -3.44. The zero-order valence-corrected chi connectivity index (χ0v) is 33.0. The van der Waals surface area contributed by atoms with Gasteiger partial charge in [-0.05, 0) is 89.9 Å². The lowest BCUT2D eigenvalue weighted by molar-refractivity contribution is -0.161. The highest BCUT2D eigenvalue weighted by atomic mass is 16.6. The molecule has 0 aromatic rings. The van der Waals surface area contributed by atoms with Crippen molar-refractivity contribution < 1.29 is 24.2 Å². The zero-order chi connectivity index (χ0) is 37.8. The molecule has 5 nitrogen and oxygen atoms in total. The molecule has 0 amide bonds. The lowest BCUT2D eigenvalue weighted by Crippen LogP contribution is -2.28. The van der Waals surface area contributed by atoms with Gasteiger partial charge in [0.25, 0.3) is 0 Å².